The second kappa shape index (κ2) is 21.9. The molecule has 2 aliphatic rings. The SMILES string of the molecule is [C-]#[N+]CCOP(OC[C@H]1O[C@@H](C)CC1NP(=C)(OCC[N+]#[C-])OC[C@H]1O[C@@H](C)CC1NC(c1ccccc1)(c1ccccc1)c1ccccc1)N(C(C)C)C(C)C. The van der Waals surface area contributed by atoms with Crippen molar-refractivity contribution < 1.29 is 27.6 Å². The molecular formula is C44H61N5O6P2. The predicted molar refractivity (Wildman–Crippen MR) is 231 cm³/mol. The van der Waals surface area contributed by atoms with Gasteiger partial charge in [-0.15, -0.1) is 0 Å². The summed E-state index contributed by atoms with van der Waals surface area (Å²) in [7, 11) is -4.45. The molecule has 57 heavy (non-hydrogen) atoms. The second-order valence-corrected chi connectivity index (χ2v) is 18.9. The van der Waals surface area contributed by atoms with Crippen molar-refractivity contribution in [2.45, 2.75) is 109 Å². The highest BCUT2D eigenvalue weighted by Crippen LogP contribution is 2.49. The summed E-state index contributed by atoms with van der Waals surface area (Å²) < 4.78 is 41.0. The Morgan fingerprint density at radius 3 is 1.70 bits per heavy atom. The van der Waals surface area contributed by atoms with Gasteiger partial charge in [0.2, 0.25) is 13.1 Å². The van der Waals surface area contributed by atoms with Crippen LogP contribution in [-0.2, 0) is 33.1 Å². The molecule has 0 aromatic heterocycles. The van der Waals surface area contributed by atoms with Gasteiger partial charge in [0.1, 0.15) is 13.2 Å². The molecular weight excluding hydrogens is 756 g/mol. The fourth-order valence-electron chi connectivity index (χ4n) is 7.85. The quantitative estimate of drug-likeness (QED) is 0.0448. The Hall–Kier alpha value is -2.99. The lowest BCUT2D eigenvalue weighted by atomic mass is 9.76. The normalized spacial score (nSPS) is 24.1. The van der Waals surface area contributed by atoms with E-state index in [-0.39, 0.29) is 81.5 Å². The highest BCUT2D eigenvalue weighted by molar-refractivity contribution is 7.62. The van der Waals surface area contributed by atoms with E-state index in [4.69, 9.17) is 40.7 Å². The van der Waals surface area contributed by atoms with Gasteiger partial charge in [0.05, 0.1) is 43.2 Å². The summed E-state index contributed by atoms with van der Waals surface area (Å²) in [5, 5.41) is 7.77. The second-order valence-electron chi connectivity index (χ2n) is 15.3. The Balaban J connectivity index is 1.37. The van der Waals surface area contributed by atoms with Crippen LogP contribution >= 0.6 is 16.0 Å². The number of hydrogen-bond acceptors (Lipinski definition) is 9. The van der Waals surface area contributed by atoms with E-state index in [1.807, 2.05) is 25.1 Å². The van der Waals surface area contributed by atoms with E-state index < -0.39 is 21.6 Å². The summed E-state index contributed by atoms with van der Waals surface area (Å²) >= 11 is 0. The average molecular weight is 818 g/mol. The van der Waals surface area contributed by atoms with Crippen molar-refractivity contribution >= 4 is 22.3 Å². The Bertz CT molecular complexity index is 1670. The van der Waals surface area contributed by atoms with E-state index in [2.05, 4.69) is 138 Å². The molecule has 4 unspecified atom stereocenters. The first-order chi connectivity index (χ1) is 27.5. The summed E-state index contributed by atoms with van der Waals surface area (Å²) in [6, 6.07) is 31.8. The molecule has 3 aromatic carbocycles. The van der Waals surface area contributed by atoms with Gasteiger partial charge in [-0.1, -0.05) is 91.0 Å². The van der Waals surface area contributed by atoms with E-state index in [9.17, 15) is 0 Å². The molecule has 11 nitrogen and oxygen atoms in total. The van der Waals surface area contributed by atoms with Crippen LogP contribution in [0.15, 0.2) is 91.0 Å². The first-order valence-corrected chi connectivity index (χ1v) is 23.0. The number of nitrogens with one attached hydrogen (secondary N) is 2. The van der Waals surface area contributed by atoms with E-state index in [1.165, 1.54) is 0 Å². The maximum atomic E-state index is 7.41. The van der Waals surface area contributed by atoms with Crippen molar-refractivity contribution in [2.75, 3.05) is 39.5 Å². The predicted octanol–water partition coefficient (Wildman–Crippen LogP) is 8.69. The molecule has 0 spiro atoms. The van der Waals surface area contributed by atoms with Gasteiger partial charge >= 0.3 is 0 Å². The maximum absolute atomic E-state index is 7.41. The Labute approximate surface area is 342 Å². The minimum atomic E-state index is -3.01. The van der Waals surface area contributed by atoms with Crippen LogP contribution in [0.2, 0.25) is 0 Å². The average Bonchev–Trinajstić information content (AvgIpc) is 3.74. The molecule has 13 heteroatoms. The minimum absolute atomic E-state index is 0.0154. The van der Waals surface area contributed by atoms with Gasteiger partial charge in [0.15, 0.2) is 7.49 Å². The third-order valence-corrected chi connectivity index (χ3v) is 14.2. The van der Waals surface area contributed by atoms with Gasteiger partial charge < -0.3 is 37.3 Å². The maximum Gasteiger partial charge on any atom is 0.259 e. The summed E-state index contributed by atoms with van der Waals surface area (Å²) in [5.74, 6) is 0. The van der Waals surface area contributed by atoms with E-state index in [0.717, 1.165) is 23.1 Å². The first kappa shape index (κ1) is 45.1. The lowest BCUT2D eigenvalue weighted by Crippen LogP contribution is -2.53. The lowest BCUT2D eigenvalue weighted by molar-refractivity contribution is 0.0108. The van der Waals surface area contributed by atoms with Gasteiger partial charge in [-0.2, -0.15) is 0 Å². The van der Waals surface area contributed by atoms with Gasteiger partial charge in [0.25, 0.3) is 8.53 Å². The number of ether oxygens (including phenoxy) is 2. The molecule has 2 aliphatic heterocycles. The molecule has 2 heterocycles. The molecule has 0 bridgehead atoms. The molecule has 2 fully saturated rings. The summed E-state index contributed by atoms with van der Waals surface area (Å²) in [4.78, 5) is 6.99. The van der Waals surface area contributed by atoms with Gasteiger partial charge in [-0.3, -0.25) is 5.32 Å². The van der Waals surface area contributed by atoms with Crippen LogP contribution in [0.4, 0.5) is 0 Å². The Morgan fingerprint density at radius 1 is 0.737 bits per heavy atom. The van der Waals surface area contributed by atoms with Crippen molar-refractivity contribution in [3.05, 3.63) is 131 Å². The highest BCUT2D eigenvalue weighted by atomic mass is 31.2. The molecule has 5 rings (SSSR count). The number of nitrogens with zero attached hydrogens (tertiary/aromatic N) is 3. The van der Waals surface area contributed by atoms with Crippen LogP contribution in [0.25, 0.3) is 9.69 Å². The highest BCUT2D eigenvalue weighted by Gasteiger charge is 2.44. The molecule has 8 atom stereocenters. The van der Waals surface area contributed by atoms with Crippen LogP contribution in [-0.4, -0.2) is 99.1 Å². The topological polar surface area (TPSA) is 91.4 Å². The molecule has 0 amide bonds. The number of hydrogen-bond donors (Lipinski definition) is 2. The van der Waals surface area contributed by atoms with Crippen molar-refractivity contribution in [1.82, 2.24) is 15.1 Å². The molecule has 308 valence electrons. The van der Waals surface area contributed by atoms with Crippen LogP contribution in [0.5, 0.6) is 0 Å². The van der Waals surface area contributed by atoms with Crippen LogP contribution in [0, 0.1) is 13.1 Å². The number of benzene rings is 3. The summed E-state index contributed by atoms with van der Waals surface area (Å²) in [5.41, 5.74) is 2.70. The zero-order chi connectivity index (χ0) is 40.8. The van der Waals surface area contributed by atoms with E-state index in [0.29, 0.717) is 13.0 Å². The Kier molecular flexibility index (Phi) is 17.3. The molecule has 0 aliphatic carbocycles. The van der Waals surface area contributed by atoms with Gasteiger partial charge in [0, 0.05) is 24.2 Å². The third kappa shape index (κ3) is 12.0. The van der Waals surface area contributed by atoms with Crippen molar-refractivity contribution in [3.63, 3.8) is 0 Å². The van der Waals surface area contributed by atoms with E-state index in [1.54, 1.807) is 0 Å². The van der Waals surface area contributed by atoms with Gasteiger partial charge in [-0.25, -0.2) is 22.9 Å². The lowest BCUT2D eigenvalue weighted by Gasteiger charge is -2.40. The molecule has 2 saturated heterocycles. The molecule has 2 N–H and O–H groups in total. The molecule has 0 radical (unpaired) electrons. The largest absolute Gasteiger partial charge is 0.371 e. The molecule has 0 saturated carbocycles. The van der Waals surface area contributed by atoms with Crippen molar-refractivity contribution in [1.29, 1.82) is 0 Å². The van der Waals surface area contributed by atoms with Crippen LogP contribution in [0.3, 0.4) is 0 Å². The Morgan fingerprint density at radius 2 is 1.21 bits per heavy atom. The van der Waals surface area contributed by atoms with Crippen molar-refractivity contribution in [2.24, 2.45) is 0 Å². The minimum Gasteiger partial charge on any atom is -0.371 e. The summed E-state index contributed by atoms with van der Waals surface area (Å²) in [6.07, 6.45) is 5.29. The zero-order valence-electron chi connectivity index (χ0n) is 34.3. The summed E-state index contributed by atoms with van der Waals surface area (Å²) in [6.45, 7) is 28.7. The first-order valence-electron chi connectivity index (χ1n) is 20.1. The van der Waals surface area contributed by atoms with Crippen LogP contribution in [0.1, 0.15) is 71.1 Å². The molecule has 3 aromatic rings. The monoisotopic (exact) mass is 817 g/mol. The third-order valence-electron chi connectivity index (χ3n) is 10.2. The fraction of sp³-hybridized carbons (Fsp3) is 0.523. The zero-order valence-corrected chi connectivity index (χ0v) is 36.1. The van der Waals surface area contributed by atoms with Gasteiger partial charge in [-0.05, 0) is 77.4 Å². The van der Waals surface area contributed by atoms with Crippen LogP contribution < -0.4 is 10.4 Å². The smallest absolute Gasteiger partial charge is 0.259 e. The number of rotatable bonds is 22. The van der Waals surface area contributed by atoms with Crippen molar-refractivity contribution in [3.8, 4) is 0 Å². The fourth-order valence-corrected chi connectivity index (χ4v) is 11.2. The van der Waals surface area contributed by atoms with E-state index >= 15 is 0 Å². The standard InChI is InChI=1S/C44H61N5O6P2/c1-33(2)49(34(3)4)56(50-27-25-45-7)51-31-42-41(30-36(6)54-42)48-57(9,52-28-26-46-8)53-32-43-40(29-35(5)55-43)47-44(37-19-13-10-14-20-37,38-21-15-11-16-22-38)39-23-17-12-18-24-39/h10-24,33-36,40-43,47-48H,9,25-32H2,1-6H3/t35-,36-,40?,41?,42+,43+,56?,57?/m0/s1.